The molecule has 0 fully saturated rings. The highest BCUT2D eigenvalue weighted by Gasteiger charge is 2.36. The third-order valence-electron chi connectivity index (χ3n) is 1.88. The zero-order chi connectivity index (χ0) is 14.4. The number of rotatable bonds is 7. The van der Waals surface area contributed by atoms with Crippen LogP contribution in [0.5, 0.6) is 0 Å². The van der Waals surface area contributed by atoms with Crippen LogP contribution in [0.3, 0.4) is 0 Å². The standard InChI is InChI=1S/C8H13ClF3NO4S/c1-17-7(14)2-4-13(6-8(10,11)12)18(15,16)5-3-9/h2-6H2,1H3. The van der Waals surface area contributed by atoms with Crippen molar-refractivity contribution < 1.29 is 31.1 Å². The molecule has 0 rings (SSSR count). The minimum Gasteiger partial charge on any atom is -0.469 e. The Labute approximate surface area is 108 Å². The van der Waals surface area contributed by atoms with E-state index in [9.17, 15) is 26.4 Å². The van der Waals surface area contributed by atoms with Gasteiger partial charge >= 0.3 is 12.1 Å². The van der Waals surface area contributed by atoms with Gasteiger partial charge in [0.15, 0.2) is 0 Å². The quantitative estimate of drug-likeness (QED) is 0.519. The van der Waals surface area contributed by atoms with Gasteiger partial charge in [0.1, 0.15) is 6.54 Å². The number of carbonyl (C=O) groups is 1. The van der Waals surface area contributed by atoms with Crippen molar-refractivity contribution in [2.24, 2.45) is 0 Å². The summed E-state index contributed by atoms with van der Waals surface area (Å²) in [6, 6.07) is 0. The zero-order valence-corrected chi connectivity index (χ0v) is 11.1. The molecule has 0 bridgehead atoms. The van der Waals surface area contributed by atoms with Crippen molar-refractivity contribution in [2.75, 3.05) is 31.8 Å². The number of ether oxygens (including phenoxy) is 1. The highest BCUT2D eigenvalue weighted by molar-refractivity contribution is 7.89. The first-order valence-corrected chi connectivity index (χ1v) is 6.94. The van der Waals surface area contributed by atoms with E-state index < -0.39 is 47.4 Å². The molecule has 0 radical (unpaired) electrons. The third-order valence-corrected chi connectivity index (χ3v) is 4.11. The molecule has 10 heteroatoms. The van der Waals surface area contributed by atoms with Crippen molar-refractivity contribution >= 4 is 27.6 Å². The van der Waals surface area contributed by atoms with Crippen molar-refractivity contribution in [2.45, 2.75) is 12.6 Å². The zero-order valence-electron chi connectivity index (χ0n) is 9.54. The van der Waals surface area contributed by atoms with Crippen LogP contribution in [0.2, 0.25) is 0 Å². The molecular formula is C8H13ClF3NO4S. The van der Waals surface area contributed by atoms with E-state index in [1.165, 1.54) is 0 Å². The summed E-state index contributed by atoms with van der Waals surface area (Å²) >= 11 is 5.21. The predicted octanol–water partition coefficient (Wildman–Crippen LogP) is 0.982. The van der Waals surface area contributed by atoms with E-state index in [1.807, 2.05) is 0 Å². The molecule has 0 saturated carbocycles. The minimum absolute atomic E-state index is 0.187. The summed E-state index contributed by atoms with van der Waals surface area (Å²) in [5.74, 6) is -1.73. The van der Waals surface area contributed by atoms with E-state index >= 15 is 0 Å². The molecular weight excluding hydrogens is 299 g/mol. The number of nitrogens with zero attached hydrogens (tertiary/aromatic N) is 1. The van der Waals surface area contributed by atoms with Crippen LogP contribution < -0.4 is 0 Å². The number of hydrogen-bond donors (Lipinski definition) is 0. The summed E-state index contributed by atoms with van der Waals surface area (Å²) in [5.41, 5.74) is 0. The number of esters is 1. The number of hydrogen-bond acceptors (Lipinski definition) is 4. The molecule has 0 aromatic carbocycles. The average molecular weight is 312 g/mol. The maximum absolute atomic E-state index is 12.2. The van der Waals surface area contributed by atoms with Crippen molar-refractivity contribution in [1.82, 2.24) is 4.31 Å². The van der Waals surface area contributed by atoms with Gasteiger partial charge in [-0.1, -0.05) is 0 Å². The molecule has 0 unspecified atom stereocenters. The second-order valence-electron chi connectivity index (χ2n) is 3.28. The smallest absolute Gasteiger partial charge is 0.402 e. The molecule has 0 heterocycles. The van der Waals surface area contributed by atoms with Crippen LogP contribution in [0.25, 0.3) is 0 Å². The van der Waals surface area contributed by atoms with Crippen LogP contribution in [0, 0.1) is 0 Å². The summed E-state index contributed by atoms with van der Waals surface area (Å²) in [6.07, 6.45) is -5.14. The summed E-state index contributed by atoms with van der Waals surface area (Å²) in [5, 5.41) is 0. The molecule has 18 heavy (non-hydrogen) atoms. The van der Waals surface area contributed by atoms with Crippen LogP contribution in [0.1, 0.15) is 6.42 Å². The second kappa shape index (κ2) is 7.15. The predicted molar refractivity (Wildman–Crippen MR) is 58.8 cm³/mol. The average Bonchev–Trinajstić information content (AvgIpc) is 2.21. The molecule has 0 amide bonds. The molecule has 0 saturated heterocycles. The fourth-order valence-electron chi connectivity index (χ4n) is 1.06. The Balaban J connectivity index is 4.78. The molecule has 0 aliphatic carbocycles. The SMILES string of the molecule is COC(=O)CCN(CC(F)(F)F)S(=O)(=O)CCCl. The lowest BCUT2D eigenvalue weighted by atomic mass is 10.4. The Morgan fingerprint density at radius 1 is 1.39 bits per heavy atom. The van der Waals surface area contributed by atoms with Crippen molar-refractivity contribution in [3.05, 3.63) is 0 Å². The summed E-state index contributed by atoms with van der Waals surface area (Å²) in [6.45, 7) is -2.24. The van der Waals surface area contributed by atoms with Gasteiger partial charge in [0.2, 0.25) is 10.0 Å². The van der Waals surface area contributed by atoms with Crippen molar-refractivity contribution in [3.8, 4) is 0 Å². The fourth-order valence-corrected chi connectivity index (χ4v) is 2.81. The lowest BCUT2D eigenvalue weighted by Crippen LogP contribution is -2.41. The maximum atomic E-state index is 12.2. The molecule has 0 spiro atoms. The van der Waals surface area contributed by atoms with Gasteiger partial charge in [-0.05, 0) is 0 Å². The molecule has 0 atom stereocenters. The van der Waals surface area contributed by atoms with Gasteiger partial charge in [-0.25, -0.2) is 8.42 Å². The van der Waals surface area contributed by atoms with E-state index in [2.05, 4.69) is 4.74 Å². The Kier molecular flexibility index (Phi) is 6.93. The number of methoxy groups -OCH3 is 1. The highest BCUT2D eigenvalue weighted by atomic mass is 35.5. The first-order valence-electron chi connectivity index (χ1n) is 4.79. The first-order chi connectivity index (χ1) is 8.12. The van der Waals surface area contributed by atoms with E-state index in [0.717, 1.165) is 7.11 Å². The van der Waals surface area contributed by atoms with Crippen LogP contribution in [-0.2, 0) is 19.6 Å². The van der Waals surface area contributed by atoms with Gasteiger partial charge in [0.05, 0.1) is 19.3 Å². The number of carbonyl (C=O) groups excluding carboxylic acids is 1. The number of halogens is 4. The van der Waals surface area contributed by atoms with E-state index in [1.54, 1.807) is 0 Å². The fraction of sp³-hybridized carbons (Fsp3) is 0.875. The Bertz CT molecular complexity index is 371. The largest absolute Gasteiger partial charge is 0.469 e. The van der Waals surface area contributed by atoms with Gasteiger partial charge in [-0.2, -0.15) is 17.5 Å². The topological polar surface area (TPSA) is 63.7 Å². The van der Waals surface area contributed by atoms with Gasteiger partial charge < -0.3 is 4.74 Å². The lowest BCUT2D eigenvalue weighted by Gasteiger charge is -2.22. The summed E-state index contributed by atoms with van der Waals surface area (Å²) in [4.78, 5) is 10.8. The molecule has 108 valence electrons. The first kappa shape index (κ1) is 17.5. The molecule has 0 aliphatic heterocycles. The molecule has 0 aromatic rings. The maximum Gasteiger partial charge on any atom is 0.402 e. The molecule has 0 aliphatic rings. The van der Waals surface area contributed by atoms with E-state index in [4.69, 9.17) is 11.6 Å². The van der Waals surface area contributed by atoms with Gasteiger partial charge in [0.25, 0.3) is 0 Å². The lowest BCUT2D eigenvalue weighted by molar-refractivity contribution is -0.144. The van der Waals surface area contributed by atoms with Crippen LogP contribution in [0.4, 0.5) is 13.2 Å². The third kappa shape index (κ3) is 7.02. The van der Waals surface area contributed by atoms with Crippen LogP contribution >= 0.6 is 11.6 Å². The molecule has 0 N–H and O–H groups in total. The van der Waals surface area contributed by atoms with Crippen LogP contribution in [-0.4, -0.2) is 56.7 Å². The van der Waals surface area contributed by atoms with Crippen LogP contribution in [0.15, 0.2) is 0 Å². The Morgan fingerprint density at radius 3 is 2.33 bits per heavy atom. The summed E-state index contributed by atoms with van der Waals surface area (Å²) < 4.78 is 64.1. The van der Waals surface area contributed by atoms with Gasteiger partial charge in [-0.15, -0.1) is 11.6 Å². The summed E-state index contributed by atoms with van der Waals surface area (Å²) in [7, 11) is -3.08. The van der Waals surface area contributed by atoms with Gasteiger partial charge in [0, 0.05) is 12.4 Å². The van der Waals surface area contributed by atoms with E-state index in [-0.39, 0.29) is 10.2 Å². The molecule has 0 aromatic heterocycles. The highest BCUT2D eigenvalue weighted by Crippen LogP contribution is 2.19. The second-order valence-corrected chi connectivity index (χ2v) is 5.75. The van der Waals surface area contributed by atoms with Crippen molar-refractivity contribution in [3.63, 3.8) is 0 Å². The molecule has 5 nitrogen and oxygen atoms in total. The number of alkyl halides is 4. The van der Waals surface area contributed by atoms with E-state index in [0.29, 0.717) is 0 Å². The van der Waals surface area contributed by atoms with Crippen molar-refractivity contribution in [1.29, 1.82) is 0 Å². The monoisotopic (exact) mass is 311 g/mol. The Hall–Kier alpha value is -0.540. The van der Waals surface area contributed by atoms with Gasteiger partial charge in [-0.3, -0.25) is 4.79 Å². The minimum atomic E-state index is -4.69. The Morgan fingerprint density at radius 2 is 1.94 bits per heavy atom. The number of sulfonamides is 1. The normalized spacial score (nSPS) is 12.8.